The van der Waals surface area contributed by atoms with E-state index in [0.29, 0.717) is 11.1 Å². The Labute approximate surface area is 247 Å². The van der Waals surface area contributed by atoms with Gasteiger partial charge in [-0.2, -0.15) is 0 Å². The van der Waals surface area contributed by atoms with Crippen LogP contribution in [0.1, 0.15) is 30.9 Å². The van der Waals surface area contributed by atoms with Crippen LogP contribution >= 0.6 is 23.2 Å². The molecule has 0 spiro atoms. The Morgan fingerprint density at radius 1 is 1.27 bits per heavy atom. The van der Waals surface area contributed by atoms with Gasteiger partial charge in [0, 0.05) is 18.2 Å². The van der Waals surface area contributed by atoms with Crippen LogP contribution in [0.5, 0.6) is 11.6 Å². The number of anilines is 1. The summed E-state index contributed by atoms with van der Waals surface area (Å²) in [4.78, 5) is 15.5. The van der Waals surface area contributed by atoms with E-state index < -0.39 is 27.9 Å². The van der Waals surface area contributed by atoms with Crippen molar-refractivity contribution in [1.82, 2.24) is 4.98 Å². The third kappa shape index (κ3) is 6.92. The van der Waals surface area contributed by atoms with E-state index in [0.717, 1.165) is 4.31 Å². The summed E-state index contributed by atoms with van der Waals surface area (Å²) in [5, 5.41) is 9.50. The number of rotatable bonds is 10. The summed E-state index contributed by atoms with van der Waals surface area (Å²) in [5.74, 6) is -0.936. The fourth-order valence-electron chi connectivity index (χ4n) is 4.34. The zero-order valence-electron chi connectivity index (χ0n) is 22.1. The molecule has 13 heteroatoms. The molecule has 0 unspecified atom stereocenters. The highest BCUT2D eigenvalue weighted by Gasteiger charge is 2.37. The van der Waals surface area contributed by atoms with Crippen LogP contribution in [0.15, 0.2) is 53.6 Å². The number of carbonyl (C=O) groups is 1. The molecule has 4 rings (SSSR count). The minimum absolute atomic E-state index is 0.0113. The van der Waals surface area contributed by atoms with Crippen molar-refractivity contribution < 1.29 is 36.9 Å². The van der Waals surface area contributed by atoms with Gasteiger partial charge in [0.15, 0.2) is 4.90 Å². The highest BCUT2D eigenvalue weighted by atomic mass is 35.5. The molecule has 0 amide bonds. The SMILES string of the molecule is COC(=O)CC[C@H]1CN(S(=O)(=O)c2cc(Cl)cnc2OCCO)c2cc(/C=C(\C)c3c(F)cccc3Cl)ccc2O1. The molecule has 0 bridgehead atoms. The quantitative estimate of drug-likeness (QED) is 0.236. The van der Waals surface area contributed by atoms with E-state index in [2.05, 4.69) is 4.98 Å². The van der Waals surface area contributed by atoms with Gasteiger partial charge in [-0.25, -0.2) is 17.8 Å². The molecule has 218 valence electrons. The molecule has 9 nitrogen and oxygen atoms in total. The minimum Gasteiger partial charge on any atom is -0.486 e. The predicted molar refractivity (Wildman–Crippen MR) is 153 cm³/mol. The first-order chi connectivity index (χ1) is 19.5. The fourth-order valence-corrected chi connectivity index (χ4v) is 6.48. The maximum atomic E-state index is 14.5. The smallest absolute Gasteiger partial charge is 0.305 e. The van der Waals surface area contributed by atoms with Crippen LogP contribution in [0.25, 0.3) is 11.6 Å². The summed E-state index contributed by atoms with van der Waals surface area (Å²) in [6, 6.07) is 10.5. The molecule has 1 aliphatic heterocycles. The molecule has 0 saturated heterocycles. The molecule has 3 aromatic rings. The number of aliphatic hydroxyl groups is 1. The third-order valence-corrected chi connectivity index (χ3v) is 8.53. The normalized spacial score (nSPS) is 15.2. The fraction of sp³-hybridized carbons (Fsp3) is 0.286. The molecule has 41 heavy (non-hydrogen) atoms. The lowest BCUT2D eigenvalue weighted by molar-refractivity contribution is -0.141. The number of esters is 1. The molecule has 0 aliphatic carbocycles. The summed E-state index contributed by atoms with van der Waals surface area (Å²) < 4.78 is 60.1. The maximum absolute atomic E-state index is 14.5. The Hall–Kier alpha value is -3.38. The van der Waals surface area contributed by atoms with Gasteiger partial charge in [0.25, 0.3) is 10.0 Å². The summed E-state index contributed by atoms with van der Waals surface area (Å²) in [5.41, 5.74) is 1.51. The van der Waals surface area contributed by atoms with Gasteiger partial charge in [0.2, 0.25) is 5.88 Å². The first-order valence-corrected chi connectivity index (χ1v) is 14.7. The van der Waals surface area contributed by atoms with Crippen molar-refractivity contribution in [1.29, 1.82) is 0 Å². The molecule has 0 fully saturated rings. The molecule has 2 heterocycles. The van der Waals surface area contributed by atoms with Crippen molar-refractivity contribution in [3.63, 3.8) is 0 Å². The predicted octanol–water partition coefficient (Wildman–Crippen LogP) is 5.37. The van der Waals surface area contributed by atoms with Gasteiger partial charge in [-0.3, -0.25) is 9.10 Å². The molecule has 0 saturated carbocycles. The number of benzene rings is 2. The Morgan fingerprint density at radius 3 is 2.76 bits per heavy atom. The minimum atomic E-state index is -4.37. The van der Waals surface area contributed by atoms with Gasteiger partial charge < -0.3 is 19.3 Å². The number of nitrogens with zero attached hydrogens (tertiary/aromatic N) is 2. The standard InChI is InChI=1S/C28H27Cl2FN2O7S/c1-17(27-21(30)4-3-5-22(27)31)12-18-6-8-24-23(13-18)33(16-20(40-24)7-9-26(35)38-2)41(36,37)25-14-19(29)15-32-28(25)39-11-10-34/h3-6,8,12-15,20,34H,7,9-11,16H2,1-2H3/b17-12+/t20-/m0/s1. The lowest BCUT2D eigenvalue weighted by Crippen LogP contribution is -2.44. The zero-order valence-corrected chi connectivity index (χ0v) is 24.5. The summed E-state index contributed by atoms with van der Waals surface area (Å²) >= 11 is 12.3. The Bertz CT molecular complexity index is 1560. The van der Waals surface area contributed by atoms with E-state index in [1.165, 1.54) is 31.5 Å². The average Bonchev–Trinajstić information content (AvgIpc) is 2.94. The van der Waals surface area contributed by atoms with Crippen molar-refractivity contribution in [2.45, 2.75) is 30.8 Å². The number of hydrogen-bond acceptors (Lipinski definition) is 8. The van der Waals surface area contributed by atoms with Crippen LogP contribution in [0.2, 0.25) is 10.0 Å². The second-order valence-electron chi connectivity index (χ2n) is 9.07. The monoisotopic (exact) mass is 624 g/mol. The van der Waals surface area contributed by atoms with Gasteiger partial charge in [0.1, 0.15) is 24.3 Å². The van der Waals surface area contributed by atoms with E-state index in [4.69, 9.17) is 37.4 Å². The van der Waals surface area contributed by atoms with Crippen molar-refractivity contribution in [3.05, 3.63) is 75.7 Å². The summed E-state index contributed by atoms with van der Waals surface area (Å²) in [6.45, 7) is 0.996. The molecule has 0 radical (unpaired) electrons. The number of halogens is 3. The van der Waals surface area contributed by atoms with Crippen molar-refractivity contribution in [2.75, 3.05) is 31.2 Å². The molecule has 2 aromatic carbocycles. The number of carbonyl (C=O) groups excluding carboxylic acids is 1. The Morgan fingerprint density at radius 2 is 2.05 bits per heavy atom. The number of aliphatic hydroxyl groups excluding tert-OH is 1. The average molecular weight is 626 g/mol. The zero-order chi connectivity index (χ0) is 29.7. The lowest BCUT2D eigenvalue weighted by Gasteiger charge is -2.35. The molecular formula is C28H27Cl2FN2O7S. The maximum Gasteiger partial charge on any atom is 0.305 e. The van der Waals surface area contributed by atoms with Gasteiger partial charge in [-0.05, 0) is 54.8 Å². The highest BCUT2D eigenvalue weighted by Crippen LogP contribution is 2.41. The van der Waals surface area contributed by atoms with Crippen molar-refractivity contribution in [2.24, 2.45) is 0 Å². The van der Waals surface area contributed by atoms with Gasteiger partial charge in [0.05, 0.1) is 36.0 Å². The largest absolute Gasteiger partial charge is 0.486 e. The first kappa shape index (κ1) is 30.6. The number of allylic oxidation sites excluding steroid dienone is 1. The van der Waals surface area contributed by atoms with Crippen LogP contribution in [0.4, 0.5) is 10.1 Å². The molecular weight excluding hydrogens is 598 g/mol. The van der Waals surface area contributed by atoms with E-state index in [-0.39, 0.29) is 70.4 Å². The van der Waals surface area contributed by atoms with Gasteiger partial charge in [-0.15, -0.1) is 0 Å². The second kappa shape index (κ2) is 13.1. The number of fused-ring (bicyclic) bond motifs is 1. The van der Waals surface area contributed by atoms with E-state index in [1.54, 1.807) is 37.3 Å². The van der Waals surface area contributed by atoms with Crippen LogP contribution in [0.3, 0.4) is 0 Å². The number of ether oxygens (including phenoxy) is 3. The van der Waals surface area contributed by atoms with Crippen molar-refractivity contribution >= 4 is 56.5 Å². The number of pyridine rings is 1. The summed E-state index contributed by atoms with van der Waals surface area (Å²) in [6.07, 6.45) is 2.42. The van der Waals surface area contributed by atoms with Gasteiger partial charge in [-0.1, -0.05) is 41.4 Å². The molecule has 1 atom stereocenters. The Balaban J connectivity index is 1.80. The summed E-state index contributed by atoms with van der Waals surface area (Å²) in [7, 11) is -3.10. The first-order valence-electron chi connectivity index (χ1n) is 12.5. The van der Waals surface area contributed by atoms with Crippen LogP contribution < -0.4 is 13.8 Å². The number of methoxy groups -OCH3 is 1. The third-order valence-electron chi connectivity index (χ3n) is 6.24. The number of aromatic nitrogens is 1. The van der Waals surface area contributed by atoms with Crippen molar-refractivity contribution in [3.8, 4) is 11.6 Å². The lowest BCUT2D eigenvalue weighted by atomic mass is 10.0. The topological polar surface area (TPSA) is 115 Å². The van der Waals surface area contributed by atoms with Crippen LogP contribution in [0, 0.1) is 5.82 Å². The van der Waals surface area contributed by atoms with Gasteiger partial charge >= 0.3 is 5.97 Å². The van der Waals surface area contributed by atoms with E-state index in [9.17, 15) is 22.7 Å². The number of hydrogen-bond donors (Lipinski definition) is 1. The van der Waals surface area contributed by atoms with Crippen LogP contribution in [-0.2, 0) is 19.6 Å². The molecule has 1 aromatic heterocycles. The second-order valence-corrected chi connectivity index (χ2v) is 11.7. The highest BCUT2D eigenvalue weighted by molar-refractivity contribution is 7.93. The number of sulfonamides is 1. The molecule has 1 N–H and O–H groups in total. The van der Waals surface area contributed by atoms with E-state index in [1.807, 2.05) is 0 Å². The van der Waals surface area contributed by atoms with Crippen LogP contribution in [-0.4, -0.2) is 57.4 Å². The Kier molecular flexibility index (Phi) is 9.75. The molecule has 1 aliphatic rings. The van der Waals surface area contributed by atoms with E-state index >= 15 is 0 Å².